The third-order valence-corrected chi connectivity index (χ3v) is 2.54. The Labute approximate surface area is 109 Å². The first-order valence-corrected chi connectivity index (χ1v) is 5.71. The minimum absolute atomic E-state index is 0.213. The van der Waals surface area contributed by atoms with E-state index in [9.17, 15) is 9.59 Å². The average molecular weight is 259 g/mol. The van der Waals surface area contributed by atoms with Crippen molar-refractivity contribution in [2.45, 2.75) is 13.3 Å². The molecule has 6 heteroatoms. The number of aromatic amines is 1. The zero-order valence-electron chi connectivity index (χ0n) is 10.3. The first kappa shape index (κ1) is 12.8. The number of H-pyrrole nitrogens is 1. The zero-order valence-corrected chi connectivity index (χ0v) is 10.3. The van der Waals surface area contributed by atoms with Crippen molar-refractivity contribution in [1.82, 2.24) is 9.78 Å². The van der Waals surface area contributed by atoms with Gasteiger partial charge in [0.05, 0.1) is 17.8 Å². The molecule has 0 bridgehead atoms. The molecule has 2 aromatic rings. The van der Waals surface area contributed by atoms with Crippen molar-refractivity contribution in [2.24, 2.45) is 4.99 Å². The number of nitrogens with zero attached hydrogens (tertiary/aromatic N) is 2. The minimum atomic E-state index is -0.986. The maximum Gasteiger partial charge on any atom is 0.308 e. The van der Waals surface area contributed by atoms with Crippen molar-refractivity contribution in [3.8, 4) is 5.69 Å². The molecular formula is C13H13N3O3. The van der Waals surface area contributed by atoms with Gasteiger partial charge in [-0.25, -0.2) is 4.68 Å². The Morgan fingerprint density at radius 1 is 1.42 bits per heavy atom. The maximum absolute atomic E-state index is 12.1. The Kier molecular flexibility index (Phi) is 3.61. The molecule has 0 fully saturated rings. The number of benzene rings is 1. The van der Waals surface area contributed by atoms with Crippen LogP contribution >= 0.6 is 0 Å². The van der Waals surface area contributed by atoms with E-state index in [0.29, 0.717) is 11.4 Å². The lowest BCUT2D eigenvalue weighted by Gasteiger charge is -1.99. The number of carbonyl (C=O) groups is 1. The molecule has 0 amide bonds. The highest BCUT2D eigenvalue weighted by molar-refractivity contribution is 5.85. The van der Waals surface area contributed by atoms with Crippen molar-refractivity contribution < 1.29 is 9.90 Å². The van der Waals surface area contributed by atoms with Crippen molar-refractivity contribution in [2.75, 3.05) is 0 Å². The van der Waals surface area contributed by atoms with Crippen molar-refractivity contribution >= 4 is 17.9 Å². The molecule has 0 unspecified atom stereocenters. The molecule has 0 radical (unpaired) electrons. The molecule has 1 aromatic heterocycles. The minimum Gasteiger partial charge on any atom is -0.481 e. The van der Waals surface area contributed by atoms with Crippen molar-refractivity contribution in [3.63, 3.8) is 0 Å². The van der Waals surface area contributed by atoms with Gasteiger partial charge < -0.3 is 5.11 Å². The highest BCUT2D eigenvalue weighted by Gasteiger charge is 2.10. The van der Waals surface area contributed by atoms with Gasteiger partial charge in [-0.05, 0) is 19.1 Å². The van der Waals surface area contributed by atoms with Gasteiger partial charge >= 0.3 is 5.97 Å². The normalized spacial score (nSPS) is 11.0. The van der Waals surface area contributed by atoms with Crippen LogP contribution in [0.25, 0.3) is 5.69 Å². The van der Waals surface area contributed by atoms with Gasteiger partial charge in [0.2, 0.25) is 0 Å². The number of rotatable bonds is 4. The second kappa shape index (κ2) is 5.34. The lowest BCUT2D eigenvalue weighted by Crippen LogP contribution is -2.13. The Morgan fingerprint density at radius 3 is 2.74 bits per heavy atom. The molecule has 19 heavy (non-hydrogen) atoms. The number of para-hydroxylation sites is 1. The molecule has 0 saturated carbocycles. The van der Waals surface area contributed by atoms with Crippen LogP contribution < -0.4 is 5.56 Å². The molecule has 2 rings (SSSR count). The molecule has 1 aromatic carbocycles. The van der Waals surface area contributed by atoms with E-state index in [1.165, 1.54) is 10.9 Å². The van der Waals surface area contributed by atoms with Gasteiger partial charge in [-0.2, -0.15) is 0 Å². The van der Waals surface area contributed by atoms with E-state index < -0.39 is 5.97 Å². The van der Waals surface area contributed by atoms with Crippen LogP contribution in [0.1, 0.15) is 12.1 Å². The average Bonchev–Trinajstić information content (AvgIpc) is 2.67. The Bertz CT molecular complexity index is 668. The van der Waals surface area contributed by atoms with E-state index in [4.69, 9.17) is 5.11 Å². The van der Waals surface area contributed by atoms with Gasteiger partial charge in [0, 0.05) is 6.21 Å². The van der Waals surface area contributed by atoms with Gasteiger partial charge in [0.1, 0.15) is 0 Å². The summed E-state index contributed by atoms with van der Waals surface area (Å²) in [4.78, 5) is 26.5. The SMILES string of the molecule is Cc1[nH]n(-c2ccccc2)c(=O)c1N=CCC(=O)O. The molecule has 0 spiro atoms. The quantitative estimate of drug-likeness (QED) is 0.818. The van der Waals surface area contributed by atoms with E-state index in [2.05, 4.69) is 10.1 Å². The summed E-state index contributed by atoms with van der Waals surface area (Å²) < 4.78 is 1.38. The molecule has 0 aliphatic heterocycles. The van der Waals surface area contributed by atoms with E-state index in [-0.39, 0.29) is 17.7 Å². The van der Waals surface area contributed by atoms with Crippen LogP contribution in [-0.4, -0.2) is 27.1 Å². The number of nitrogens with one attached hydrogen (secondary N) is 1. The molecule has 0 saturated heterocycles. The summed E-state index contributed by atoms with van der Waals surface area (Å²) in [6.07, 6.45) is 1.00. The second-order valence-electron chi connectivity index (χ2n) is 3.97. The fourth-order valence-electron chi connectivity index (χ4n) is 1.66. The Morgan fingerprint density at radius 2 is 2.11 bits per heavy atom. The van der Waals surface area contributed by atoms with Crippen molar-refractivity contribution in [1.29, 1.82) is 0 Å². The summed E-state index contributed by atoms with van der Waals surface area (Å²) in [5, 5.41) is 11.4. The predicted molar refractivity (Wildman–Crippen MR) is 71.5 cm³/mol. The predicted octanol–water partition coefficient (Wildman–Crippen LogP) is 1.65. The number of aliphatic carboxylic acids is 1. The summed E-state index contributed by atoms with van der Waals surface area (Å²) in [5.74, 6) is -0.986. The summed E-state index contributed by atoms with van der Waals surface area (Å²) in [7, 11) is 0. The summed E-state index contributed by atoms with van der Waals surface area (Å²) in [5.41, 5.74) is 1.22. The van der Waals surface area contributed by atoms with E-state index in [0.717, 1.165) is 0 Å². The number of hydrogen-bond acceptors (Lipinski definition) is 3. The molecule has 0 aliphatic rings. The van der Waals surface area contributed by atoms with Crippen LogP contribution in [0.3, 0.4) is 0 Å². The topological polar surface area (TPSA) is 87.5 Å². The van der Waals surface area contributed by atoms with Gasteiger partial charge in [-0.3, -0.25) is 19.7 Å². The Hall–Kier alpha value is -2.63. The first-order valence-electron chi connectivity index (χ1n) is 5.71. The van der Waals surface area contributed by atoms with E-state index >= 15 is 0 Å². The number of hydrogen-bond donors (Lipinski definition) is 2. The fourth-order valence-corrected chi connectivity index (χ4v) is 1.66. The molecule has 2 N–H and O–H groups in total. The van der Waals surface area contributed by atoms with Crippen LogP contribution in [0.15, 0.2) is 40.1 Å². The Balaban J connectivity index is 2.38. The standard InChI is InChI=1S/C13H13N3O3/c1-9-12(14-8-7-11(17)18)13(19)16(15-9)10-5-3-2-4-6-10/h2-6,8,15H,7H2,1H3,(H,17,18). The molecule has 98 valence electrons. The number of aromatic nitrogens is 2. The number of carboxylic acids is 1. The van der Waals surface area contributed by atoms with E-state index in [1.807, 2.05) is 18.2 Å². The highest BCUT2D eigenvalue weighted by atomic mass is 16.4. The number of aryl methyl sites for hydroxylation is 1. The maximum atomic E-state index is 12.1. The van der Waals surface area contributed by atoms with Crippen LogP contribution in [0, 0.1) is 6.92 Å². The third-order valence-electron chi connectivity index (χ3n) is 2.54. The summed E-state index contributed by atoms with van der Waals surface area (Å²) in [6.45, 7) is 1.72. The van der Waals surface area contributed by atoms with Crippen LogP contribution in [0.5, 0.6) is 0 Å². The van der Waals surface area contributed by atoms with Gasteiger partial charge in [0.25, 0.3) is 5.56 Å². The first-order chi connectivity index (χ1) is 9.09. The zero-order chi connectivity index (χ0) is 13.8. The molecule has 1 heterocycles. The third kappa shape index (κ3) is 2.79. The van der Waals surface area contributed by atoms with Crippen LogP contribution in [-0.2, 0) is 4.79 Å². The second-order valence-corrected chi connectivity index (χ2v) is 3.97. The lowest BCUT2D eigenvalue weighted by atomic mass is 10.3. The van der Waals surface area contributed by atoms with E-state index in [1.54, 1.807) is 19.1 Å². The highest BCUT2D eigenvalue weighted by Crippen LogP contribution is 2.13. The molecule has 0 atom stereocenters. The fraction of sp³-hybridized carbons (Fsp3) is 0.154. The summed E-state index contributed by atoms with van der Waals surface area (Å²) in [6, 6.07) is 9.09. The van der Waals surface area contributed by atoms with Gasteiger partial charge in [0.15, 0.2) is 5.69 Å². The summed E-state index contributed by atoms with van der Waals surface area (Å²) >= 11 is 0. The van der Waals surface area contributed by atoms with Gasteiger partial charge in [-0.15, -0.1) is 0 Å². The largest absolute Gasteiger partial charge is 0.481 e. The van der Waals surface area contributed by atoms with Crippen molar-refractivity contribution in [3.05, 3.63) is 46.4 Å². The number of carboxylic acid groups (broad SMARTS) is 1. The number of aliphatic imine (C=N–C) groups is 1. The monoisotopic (exact) mass is 259 g/mol. The van der Waals surface area contributed by atoms with Gasteiger partial charge in [-0.1, -0.05) is 18.2 Å². The molecule has 6 nitrogen and oxygen atoms in total. The van der Waals surface area contributed by atoms with Crippen LogP contribution in [0.2, 0.25) is 0 Å². The van der Waals surface area contributed by atoms with Crippen LogP contribution in [0.4, 0.5) is 5.69 Å². The molecular weight excluding hydrogens is 246 g/mol. The smallest absolute Gasteiger partial charge is 0.308 e. The lowest BCUT2D eigenvalue weighted by molar-refractivity contribution is -0.135. The molecule has 0 aliphatic carbocycles.